The van der Waals surface area contributed by atoms with Crippen molar-refractivity contribution in [3.63, 3.8) is 0 Å². The molecule has 7 heteroatoms. The third-order valence-electron chi connectivity index (χ3n) is 2.83. The number of alkyl halides is 3. The van der Waals surface area contributed by atoms with Crippen LogP contribution in [0, 0.1) is 0 Å². The van der Waals surface area contributed by atoms with Crippen LogP contribution >= 0.6 is 0 Å². The van der Waals surface area contributed by atoms with Crippen LogP contribution in [0.2, 0.25) is 0 Å². The van der Waals surface area contributed by atoms with Crippen LogP contribution in [-0.4, -0.2) is 14.8 Å². The van der Waals surface area contributed by atoms with Gasteiger partial charge in [0.1, 0.15) is 0 Å². The monoisotopic (exact) mass is 285 g/mol. The Balaban J connectivity index is 2.43. The van der Waals surface area contributed by atoms with E-state index in [2.05, 4.69) is 10.1 Å². The highest BCUT2D eigenvalue weighted by Crippen LogP contribution is 2.28. The van der Waals surface area contributed by atoms with Gasteiger partial charge in [0.2, 0.25) is 0 Å². The quantitative estimate of drug-likeness (QED) is 0.876. The molecule has 0 unspecified atom stereocenters. The highest BCUT2D eigenvalue weighted by molar-refractivity contribution is 5.27. The van der Waals surface area contributed by atoms with Gasteiger partial charge in [-0.05, 0) is 12.1 Å². The third kappa shape index (κ3) is 2.76. The summed E-state index contributed by atoms with van der Waals surface area (Å²) in [5.41, 5.74) is -0.792. The number of halogens is 3. The Kier molecular flexibility index (Phi) is 3.23. The Morgan fingerprint density at radius 3 is 2.25 bits per heavy atom. The van der Waals surface area contributed by atoms with Crippen molar-refractivity contribution in [3.05, 3.63) is 46.0 Å². The molecule has 4 nitrogen and oxygen atoms in total. The fourth-order valence-corrected chi connectivity index (χ4v) is 1.64. The molecule has 108 valence electrons. The largest absolute Gasteiger partial charge is 0.417 e. The minimum Gasteiger partial charge on any atom is -0.293 e. The van der Waals surface area contributed by atoms with Crippen molar-refractivity contribution >= 4 is 0 Å². The Labute approximate surface area is 113 Å². The van der Waals surface area contributed by atoms with Crippen molar-refractivity contribution in [3.8, 4) is 5.82 Å². The second-order valence-corrected chi connectivity index (χ2v) is 5.50. The molecule has 0 saturated carbocycles. The molecule has 20 heavy (non-hydrogen) atoms. The number of H-pyrrole nitrogens is 1. The molecule has 0 aliphatic carbocycles. The van der Waals surface area contributed by atoms with Crippen LogP contribution in [0.1, 0.15) is 32.0 Å². The van der Waals surface area contributed by atoms with Crippen LogP contribution in [0.4, 0.5) is 13.2 Å². The molecule has 2 aromatic rings. The third-order valence-corrected chi connectivity index (χ3v) is 2.83. The Hall–Kier alpha value is -2.05. The Morgan fingerprint density at radius 2 is 1.85 bits per heavy atom. The molecular formula is C13H14F3N3O. The van der Waals surface area contributed by atoms with Crippen LogP contribution in [-0.2, 0) is 11.6 Å². The van der Waals surface area contributed by atoms with Crippen molar-refractivity contribution in [1.82, 2.24) is 14.8 Å². The van der Waals surface area contributed by atoms with E-state index in [1.54, 1.807) is 0 Å². The first-order valence-corrected chi connectivity index (χ1v) is 5.95. The first-order chi connectivity index (χ1) is 9.09. The van der Waals surface area contributed by atoms with Crippen LogP contribution in [0.3, 0.4) is 0 Å². The molecular weight excluding hydrogens is 271 g/mol. The zero-order valence-electron chi connectivity index (χ0n) is 11.2. The van der Waals surface area contributed by atoms with Gasteiger partial charge < -0.3 is 0 Å². The van der Waals surface area contributed by atoms with Crippen molar-refractivity contribution in [2.45, 2.75) is 32.4 Å². The molecule has 0 aliphatic heterocycles. The average Bonchev–Trinajstić information content (AvgIpc) is 2.70. The fourth-order valence-electron chi connectivity index (χ4n) is 1.64. The zero-order chi connectivity index (χ0) is 15.1. The lowest BCUT2D eigenvalue weighted by Crippen LogP contribution is -2.16. The number of rotatable bonds is 1. The summed E-state index contributed by atoms with van der Waals surface area (Å²) >= 11 is 0. The van der Waals surface area contributed by atoms with Gasteiger partial charge >= 0.3 is 6.18 Å². The van der Waals surface area contributed by atoms with E-state index in [1.165, 1.54) is 6.07 Å². The van der Waals surface area contributed by atoms with Crippen molar-refractivity contribution in [1.29, 1.82) is 0 Å². The lowest BCUT2D eigenvalue weighted by atomic mass is 9.93. The SMILES string of the molecule is CC(C)(C)c1cc(=O)n(-c2ccc(C(F)(F)F)cn2)[nH]1. The maximum atomic E-state index is 12.4. The molecule has 2 rings (SSSR count). The molecule has 0 bridgehead atoms. The summed E-state index contributed by atoms with van der Waals surface area (Å²) < 4.78 is 38.5. The van der Waals surface area contributed by atoms with Crippen molar-refractivity contribution in [2.24, 2.45) is 0 Å². The normalized spacial score (nSPS) is 12.7. The average molecular weight is 285 g/mol. The number of nitrogens with one attached hydrogen (secondary N) is 1. The first-order valence-electron chi connectivity index (χ1n) is 5.95. The Bertz CT molecular complexity index is 660. The van der Waals surface area contributed by atoms with E-state index in [1.807, 2.05) is 20.8 Å². The number of aromatic amines is 1. The van der Waals surface area contributed by atoms with E-state index in [0.29, 0.717) is 11.9 Å². The summed E-state index contributed by atoms with van der Waals surface area (Å²) in [6, 6.07) is 3.47. The molecule has 0 radical (unpaired) electrons. The maximum Gasteiger partial charge on any atom is 0.417 e. The predicted octanol–water partition coefficient (Wildman–Crippen LogP) is 2.88. The smallest absolute Gasteiger partial charge is 0.293 e. The standard InChI is InChI=1S/C13H14F3N3O/c1-12(2,3)9-6-11(20)19(18-9)10-5-4-8(7-17-10)13(14,15)16/h4-7,18H,1-3H3. The summed E-state index contributed by atoms with van der Waals surface area (Å²) in [5.74, 6) is 0.124. The van der Waals surface area contributed by atoms with Crippen LogP contribution in [0.15, 0.2) is 29.2 Å². The van der Waals surface area contributed by atoms with Gasteiger partial charge in [0, 0.05) is 23.4 Å². The van der Waals surface area contributed by atoms with E-state index >= 15 is 0 Å². The van der Waals surface area contributed by atoms with Gasteiger partial charge in [-0.15, -0.1) is 0 Å². The second kappa shape index (κ2) is 4.50. The molecule has 0 aromatic carbocycles. The molecule has 0 atom stereocenters. The fraction of sp³-hybridized carbons (Fsp3) is 0.385. The minimum atomic E-state index is -4.44. The maximum absolute atomic E-state index is 12.4. The summed E-state index contributed by atoms with van der Waals surface area (Å²) in [4.78, 5) is 15.5. The van der Waals surface area contributed by atoms with Crippen molar-refractivity contribution in [2.75, 3.05) is 0 Å². The summed E-state index contributed by atoms with van der Waals surface area (Å²) in [5, 5.41) is 2.86. The number of aromatic nitrogens is 3. The molecule has 0 aliphatic rings. The number of pyridine rings is 1. The van der Waals surface area contributed by atoms with Gasteiger partial charge in [-0.3, -0.25) is 9.89 Å². The van der Waals surface area contributed by atoms with Gasteiger partial charge in [0.05, 0.1) is 5.56 Å². The van der Waals surface area contributed by atoms with E-state index < -0.39 is 11.7 Å². The van der Waals surface area contributed by atoms with Gasteiger partial charge in [-0.25, -0.2) is 9.67 Å². The van der Waals surface area contributed by atoms with Gasteiger partial charge in [-0.2, -0.15) is 13.2 Å². The molecule has 0 saturated heterocycles. The van der Waals surface area contributed by atoms with E-state index in [0.717, 1.165) is 16.8 Å². The molecule has 0 fully saturated rings. The zero-order valence-corrected chi connectivity index (χ0v) is 11.2. The Morgan fingerprint density at radius 1 is 1.20 bits per heavy atom. The molecule has 2 heterocycles. The molecule has 1 N–H and O–H groups in total. The van der Waals surface area contributed by atoms with Gasteiger partial charge in [0.15, 0.2) is 5.82 Å². The van der Waals surface area contributed by atoms with Crippen LogP contribution in [0.5, 0.6) is 0 Å². The summed E-state index contributed by atoms with van der Waals surface area (Å²) in [6.07, 6.45) is -3.73. The molecule has 0 spiro atoms. The van der Waals surface area contributed by atoms with Crippen LogP contribution in [0.25, 0.3) is 5.82 Å². The summed E-state index contributed by atoms with van der Waals surface area (Å²) in [6.45, 7) is 5.76. The lowest BCUT2D eigenvalue weighted by Gasteiger charge is -2.15. The highest BCUT2D eigenvalue weighted by Gasteiger charge is 2.30. The van der Waals surface area contributed by atoms with Gasteiger partial charge in [-0.1, -0.05) is 20.8 Å². The summed E-state index contributed by atoms with van der Waals surface area (Å²) in [7, 11) is 0. The number of hydrogen-bond donors (Lipinski definition) is 1. The number of nitrogens with zero attached hydrogens (tertiary/aromatic N) is 2. The number of hydrogen-bond acceptors (Lipinski definition) is 2. The molecule has 2 aromatic heterocycles. The topological polar surface area (TPSA) is 50.7 Å². The first kappa shape index (κ1) is 14.4. The van der Waals surface area contributed by atoms with Crippen LogP contribution < -0.4 is 5.56 Å². The van der Waals surface area contributed by atoms with Crippen molar-refractivity contribution < 1.29 is 13.2 Å². The van der Waals surface area contributed by atoms with E-state index in [-0.39, 0.29) is 16.8 Å². The van der Waals surface area contributed by atoms with E-state index in [4.69, 9.17) is 0 Å². The minimum absolute atomic E-state index is 0.124. The van der Waals surface area contributed by atoms with Gasteiger partial charge in [0.25, 0.3) is 5.56 Å². The molecule has 0 amide bonds. The lowest BCUT2D eigenvalue weighted by molar-refractivity contribution is -0.137. The highest BCUT2D eigenvalue weighted by atomic mass is 19.4. The second-order valence-electron chi connectivity index (χ2n) is 5.50. The van der Waals surface area contributed by atoms with E-state index in [9.17, 15) is 18.0 Å². The predicted molar refractivity (Wildman–Crippen MR) is 67.9 cm³/mol.